The van der Waals surface area contributed by atoms with Crippen LogP contribution in [0.5, 0.6) is 5.75 Å². The normalized spacial score (nSPS) is 10.9. The number of ether oxygens (including phenoxy) is 1. The number of aryl methyl sites for hydroxylation is 2. The van der Waals surface area contributed by atoms with Gasteiger partial charge < -0.3 is 10.1 Å². The Bertz CT molecular complexity index is 1200. The molecule has 1 heterocycles. The minimum Gasteiger partial charge on any atom is -0.496 e. The number of carbonyl (C=O) groups excluding carboxylic acids is 1. The third-order valence-corrected chi connectivity index (χ3v) is 5.30. The van der Waals surface area contributed by atoms with Gasteiger partial charge in [-0.3, -0.25) is 9.36 Å². The molecule has 0 saturated heterocycles. The van der Waals surface area contributed by atoms with Gasteiger partial charge in [0.2, 0.25) is 5.91 Å². The van der Waals surface area contributed by atoms with Crippen LogP contribution in [0.25, 0.3) is 16.7 Å². The summed E-state index contributed by atoms with van der Waals surface area (Å²) in [5.74, 6) is 1.63. The van der Waals surface area contributed by atoms with Crippen molar-refractivity contribution >= 4 is 22.6 Å². The first-order valence-corrected chi connectivity index (χ1v) is 10.0. The van der Waals surface area contributed by atoms with Gasteiger partial charge in [-0.25, -0.2) is 4.98 Å². The summed E-state index contributed by atoms with van der Waals surface area (Å²) < 4.78 is 7.59. The molecule has 1 aromatic heterocycles. The van der Waals surface area contributed by atoms with Crippen LogP contribution in [-0.4, -0.2) is 22.6 Å². The summed E-state index contributed by atoms with van der Waals surface area (Å²) in [5, 5.41) is 3.02. The highest BCUT2D eigenvalue weighted by Crippen LogP contribution is 2.29. The van der Waals surface area contributed by atoms with E-state index in [4.69, 9.17) is 9.72 Å². The smallest absolute Gasteiger partial charge is 0.224 e. The van der Waals surface area contributed by atoms with E-state index < -0.39 is 0 Å². The summed E-state index contributed by atoms with van der Waals surface area (Å²) in [6, 6.07) is 22.0. The number of nitrogens with zero attached hydrogens (tertiary/aromatic N) is 2. The summed E-state index contributed by atoms with van der Waals surface area (Å²) in [7, 11) is 1.65. The summed E-state index contributed by atoms with van der Waals surface area (Å²) >= 11 is 0. The highest BCUT2D eigenvalue weighted by atomic mass is 16.5. The molecule has 0 atom stereocenters. The molecule has 0 aliphatic rings. The molecule has 3 aromatic carbocycles. The van der Waals surface area contributed by atoms with E-state index in [1.165, 1.54) is 0 Å². The lowest BCUT2D eigenvalue weighted by Crippen LogP contribution is -2.15. The molecule has 0 fully saturated rings. The minimum atomic E-state index is -0.0457. The van der Waals surface area contributed by atoms with Gasteiger partial charge >= 0.3 is 0 Å². The van der Waals surface area contributed by atoms with E-state index in [-0.39, 0.29) is 5.91 Å². The molecule has 0 spiro atoms. The molecular formula is C25H25N3O2. The number of para-hydroxylation sites is 3. The Balaban J connectivity index is 1.57. The van der Waals surface area contributed by atoms with Crippen molar-refractivity contribution in [2.24, 2.45) is 0 Å². The van der Waals surface area contributed by atoms with Crippen molar-refractivity contribution in [3.05, 3.63) is 83.7 Å². The Morgan fingerprint density at radius 1 is 1.00 bits per heavy atom. The average Bonchev–Trinajstić information content (AvgIpc) is 3.14. The molecule has 5 nitrogen and oxygen atoms in total. The number of amides is 1. The monoisotopic (exact) mass is 399 g/mol. The molecule has 0 aliphatic carbocycles. The molecule has 152 valence electrons. The number of hydrogen-bond donors (Lipinski definition) is 1. The van der Waals surface area contributed by atoms with E-state index >= 15 is 0 Å². The zero-order valence-corrected chi connectivity index (χ0v) is 17.5. The average molecular weight is 399 g/mol. The fourth-order valence-corrected chi connectivity index (χ4v) is 3.82. The van der Waals surface area contributed by atoms with E-state index in [2.05, 4.69) is 28.1 Å². The molecule has 0 radical (unpaired) electrons. The molecule has 4 rings (SSSR count). The van der Waals surface area contributed by atoms with Gasteiger partial charge in [0.05, 0.1) is 18.1 Å². The van der Waals surface area contributed by atoms with Crippen molar-refractivity contribution < 1.29 is 9.53 Å². The number of hydrogen-bond acceptors (Lipinski definition) is 3. The van der Waals surface area contributed by atoms with Crippen molar-refractivity contribution in [3.8, 4) is 11.4 Å². The fraction of sp³-hybridized carbons (Fsp3) is 0.200. The zero-order valence-electron chi connectivity index (χ0n) is 17.5. The second kappa shape index (κ2) is 8.41. The van der Waals surface area contributed by atoms with E-state index in [1.807, 2.05) is 62.4 Å². The first kappa shape index (κ1) is 19.7. The summed E-state index contributed by atoms with van der Waals surface area (Å²) in [5.41, 5.74) is 5.76. The Hall–Kier alpha value is -3.60. The van der Waals surface area contributed by atoms with Gasteiger partial charge in [-0.05, 0) is 49.7 Å². The number of rotatable bonds is 6. The molecule has 30 heavy (non-hydrogen) atoms. The molecule has 4 aromatic rings. The molecule has 1 amide bonds. The summed E-state index contributed by atoms with van der Waals surface area (Å²) in [6.07, 6.45) is 0.878. The number of anilines is 1. The van der Waals surface area contributed by atoms with Crippen molar-refractivity contribution in [1.82, 2.24) is 9.55 Å². The van der Waals surface area contributed by atoms with E-state index in [0.29, 0.717) is 12.8 Å². The lowest BCUT2D eigenvalue weighted by molar-refractivity contribution is -0.116. The van der Waals surface area contributed by atoms with Gasteiger partial charge in [-0.1, -0.05) is 36.4 Å². The van der Waals surface area contributed by atoms with Crippen LogP contribution in [0.1, 0.15) is 23.4 Å². The molecule has 1 N–H and O–H groups in total. The van der Waals surface area contributed by atoms with Crippen LogP contribution in [0.2, 0.25) is 0 Å². The number of fused-ring (bicyclic) bond motifs is 1. The predicted molar refractivity (Wildman–Crippen MR) is 120 cm³/mol. The van der Waals surface area contributed by atoms with Gasteiger partial charge in [0.1, 0.15) is 11.6 Å². The number of imidazole rings is 1. The standard InChI is InChI=1S/C25H25N3O2/c1-17-13-14-20(18(2)25(17)30-3)27-24(29)16-15-23-26-21-11-7-8-12-22(21)28(23)19-9-5-4-6-10-19/h4-14H,15-16H2,1-3H3,(H,27,29). The predicted octanol–water partition coefficient (Wildman–Crippen LogP) is 5.22. The Morgan fingerprint density at radius 2 is 1.73 bits per heavy atom. The maximum absolute atomic E-state index is 12.7. The van der Waals surface area contributed by atoms with Crippen LogP contribution in [-0.2, 0) is 11.2 Å². The number of carbonyl (C=O) groups is 1. The van der Waals surface area contributed by atoms with Gasteiger partial charge in [0.15, 0.2) is 0 Å². The molecule has 0 aliphatic heterocycles. The third kappa shape index (κ3) is 3.79. The summed E-state index contributed by atoms with van der Waals surface area (Å²) in [6.45, 7) is 3.95. The van der Waals surface area contributed by atoms with Crippen LogP contribution in [0.3, 0.4) is 0 Å². The first-order chi connectivity index (χ1) is 14.6. The van der Waals surface area contributed by atoms with E-state index in [1.54, 1.807) is 7.11 Å². The first-order valence-electron chi connectivity index (χ1n) is 10.0. The second-order valence-electron chi connectivity index (χ2n) is 7.32. The van der Waals surface area contributed by atoms with Crippen molar-refractivity contribution in [1.29, 1.82) is 0 Å². The Morgan fingerprint density at radius 3 is 2.50 bits per heavy atom. The number of nitrogens with one attached hydrogen (secondary N) is 1. The van der Waals surface area contributed by atoms with Crippen LogP contribution < -0.4 is 10.1 Å². The minimum absolute atomic E-state index is 0.0457. The van der Waals surface area contributed by atoms with Gasteiger partial charge in [-0.2, -0.15) is 0 Å². The molecule has 5 heteroatoms. The molecule has 0 bridgehead atoms. The van der Waals surface area contributed by atoms with E-state index in [0.717, 1.165) is 45.1 Å². The maximum atomic E-state index is 12.7. The lowest BCUT2D eigenvalue weighted by atomic mass is 10.1. The number of methoxy groups -OCH3 is 1. The third-order valence-electron chi connectivity index (χ3n) is 5.30. The topological polar surface area (TPSA) is 56.1 Å². The Kier molecular flexibility index (Phi) is 5.53. The van der Waals surface area contributed by atoms with Gasteiger partial charge in [0, 0.05) is 29.8 Å². The zero-order chi connectivity index (χ0) is 21.1. The van der Waals surface area contributed by atoms with Gasteiger partial charge in [0.25, 0.3) is 0 Å². The SMILES string of the molecule is COc1c(C)ccc(NC(=O)CCc2nc3ccccc3n2-c2ccccc2)c1C. The summed E-state index contributed by atoms with van der Waals surface area (Å²) in [4.78, 5) is 17.5. The van der Waals surface area contributed by atoms with Crippen LogP contribution in [0, 0.1) is 13.8 Å². The van der Waals surface area contributed by atoms with Crippen molar-refractivity contribution in [3.63, 3.8) is 0 Å². The number of benzene rings is 3. The Labute approximate surface area is 176 Å². The fourth-order valence-electron chi connectivity index (χ4n) is 3.82. The van der Waals surface area contributed by atoms with Crippen molar-refractivity contribution in [2.45, 2.75) is 26.7 Å². The highest BCUT2D eigenvalue weighted by molar-refractivity contribution is 5.92. The van der Waals surface area contributed by atoms with Crippen LogP contribution >= 0.6 is 0 Å². The highest BCUT2D eigenvalue weighted by Gasteiger charge is 2.15. The largest absolute Gasteiger partial charge is 0.496 e. The quantitative estimate of drug-likeness (QED) is 0.483. The van der Waals surface area contributed by atoms with Crippen LogP contribution in [0.4, 0.5) is 5.69 Å². The van der Waals surface area contributed by atoms with Crippen molar-refractivity contribution in [2.75, 3.05) is 12.4 Å². The second-order valence-corrected chi connectivity index (χ2v) is 7.32. The number of aromatic nitrogens is 2. The van der Waals surface area contributed by atoms with Gasteiger partial charge in [-0.15, -0.1) is 0 Å². The lowest BCUT2D eigenvalue weighted by Gasteiger charge is -2.14. The molecule has 0 unspecified atom stereocenters. The van der Waals surface area contributed by atoms with Crippen LogP contribution in [0.15, 0.2) is 66.7 Å². The molecular weight excluding hydrogens is 374 g/mol. The van der Waals surface area contributed by atoms with E-state index in [9.17, 15) is 4.79 Å². The maximum Gasteiger partial charge on any atom is 0.224 e. The molecule has 0 saturated carbocycles.